The standard InChI is InChI=1S/C22H31N5O/c28-22(21-18-27(24-23-21)17-16-25-12-5-2-6-13-25)26-14-7-10-20(11-15-26)19-8-3-1-4-9-19/h1,3-4,8-9,18,20H,2,5-7,10-17H2. The zero-order valence-electron chi connectivity index (χ0n) is 16.7. The zero-order chi connectivity index (χ0) is 19.2. The number of piperidine rings is 1. The van der Waals surface area contributed by atoms with Crippen LogP contribution >= 0.6 is 0 Å². The number of carbonyl (C=O) groups excluding carboxylic acids is 1. The zero-order valence-corrected chi connectivity index (χ0v) is 16.7. The van der Waals surface area contributed by atoms with Crippen molar-refractivity contribution >= 4 is 5.91 Å². The van der Waals surface area contributed by atoms with Gasteiger partial charge < -0.3 is 9.80 Å². The molecule has 2 fully saturated rings. The molecule has 4 rings (SSSR count). The minimum absolute atomic E-state index is 0.0259. The van der Waals surface area contributed by atoms with Gasteiger partial charge in [0.15, 0.2) is 5.69 Å². The van der Waals surface area contributed by atoms with Gasteiger partial charge in [-0.15, -0.1) is 5.10 Å². The van der Waals surface area contributed by atoms with E-state index in [-0.39, 0.29) is 5.91 Å². The molecule has 0 bridgehead atoms. The van der Waals surface area contributed by atoms with E-state index in [1.54, 1.807) is 0 Å². The van der Waals surface area contributed by atoms with E-state index in [2.05, 4.69) is 45.5 Å². The third-order valence-electron chi connectivity index (χ3n) is 6.14. The molecule has 0 spiro atoms. The molecule has 28 heavy (non-hydrogen) atoms. The molecule has 150 valence electrons. The highest BCUT2D eigenvalue weighted by Crippen LogP contribution is 2.28. The fraction of sp³-hybridized carbons (Fsp3) is 0.591. The predicted molar refractivity (Wildman–Crippen MR) is 109 cm³/mol. The Kier molecular flexibility index (Phi) is 6.37. The number of benzene rings is 1. The SMILES string of the molecule is O=C(c1cn(CCN2CCCCC2)nn1)N1CCCC(c2ccccc2)CC1. The lowest BCUT2D eigenvalue weighted by Gasteiger charge is -2.25. The first-order chi connectivity index (χ1) is 13.8. The van der Waals surface area contributed by atoms with Gasteiger partial charge in [-0.1, -0.05) is 42.0 Å². The molecule has 2 aliphatic rings. The van der Waals surface area contributed by atoms with Gasteiger partial charge in [0.05, 0.1) is 12.7 Å². The minimum Gasteiger partial charge on any atom is -0.337 e. The average Bonchev–Trinajstić information content (AvgIpc) is 3.09. The Balaban J connectivity index is 1.31. The lowest BCUT2D eigenvalue weighted by Crippen LogP contribution is -2.33. The van der Waals surface area contributed by atoms with Crippen LogP contribution in [0.25, 0.3) is 0 Å². The fourth-order valence-corrected chi connectivity index (χ4v) is 4.45. The van der Waals surface area contributed by atoms with Gasteiger partial charge >= 0.3 is 0 Å². The summed E-state index contributed by atoms with van der Waals surface area (Å²) in [4.78, 5) is 17.4. The summed E-state index contributed by atoms with van der Waals surface area (Å²) in [5.74, 6) is 0.567. The van der Waals surface area contributed by atoms with E-state index in [1.165, 1.54) is 37.9 Å². The number of amides is 1. The van der Waals surface area contributed by atoms with E-state index in [9.17, 15) is 4.79 Å². The molecule has 2 saturated heterocycles. The number of hydrogen-bond donors (Lipinski definition) is 0. The van der Waals surface area contributed by atoms with Crippen molar-refractivity contribution in [1.82, 2.24) is 24.8 Å². The molecule has 1 unspecified atom stereocenters. The maximum absolute atomic E-state index is 12.9. The first kappa shape index (κ1) is 19.1. The summed E-state index contributed by atoms with van der Waals surface area (Å²) in [6, 6.07) is 10.7. The maximum Gasteiger partial charge on any atom is 0.276 e. The summed E-state index contributed by atoms with van der Waals surface area (Å²) in [6.45, 7) is 5.74. The number of carbonyl (C=O) groups is 1. The van der Waals surface area contributed by atoms with Crippen molar-refractivity contribution in [3.8, 4) is 0 Å². The van der Waals surface area contributed by atoms with Crippen LogP contribution in [0, 0.1) is 0 Å². The molecule has 2 aliphatic heterocycles. The molecule has 1 atom stereocenters. The van der Waals surface area contributed by atoms with E-state index >= 15 is 0 Å². The van der Waals surface area contributed by atoms with Crippen molar-refractivity contribution in [2.24, 2.45) is 0 Å². The van der Waals surface area contributed by atoms with Crippen molar-refractivity contribution in [2.45, 2.75) is 51.0 Å². The smallest absolute Gasteiger partial charge is 0.276 e. The minimum atomic E-state index is 0.0259. The van der Waals surface area contributed by atoms with Crippen LogP contribution in [0.3, 0.4) is 0 Å². The van der Waals surface area contributed by atoms with Crippen molar-refractivity contribution < 1.29 is 4.79 Å². The van der Waals surface area contributed by atoms with Crippen LogP contribution in [0.2, 0.25) is 0 Å². The van der Waals surface area contributed by atoms with Gasteiger partial charge in [-0.3, -0.25) is 9.48 Å². The van der Waals surface area contributed by atoms with Crippen LogP contribution in [-0.2, 0) is 6.54 Å². The molecule has 0 N–H and O–H groups in total. The molecule has 1 aromatic heterocycles. The molecule has 0 saturated carbocycles. The van der Waals surface area contributed by atoms with Gasteiger partial charge in [0, 0.05) is 19.6 Å². The van der Waals surface area contributed by atoms with Gasteiger partial charge in [0.1, 0.15) is 0 Å². The van der Waals surface area contributed by atoms with E-state index in [1.807, 2.05) is 15.8 Å². The van der Waals surface area contributed by atoms with Gasteiger partial charge in [0.2, 0.25) is 0 Å². The molecule has 6 heteroatoms. The predicted octanol–water partition coefficient (Wildman–Crippen LogP) is 3.17. The Labute approximate surface area is 167 Å². The Morgan fingerprint density at radius 3 is 2.57 bits per heavy atom. The monoisotopic (exact) mass is 381 g/mol. The summed E-state index contributed by atoms with van der Waals surface area (Å²) in [5, 5.41) is 8.36. The van der Waals surface area contributed by atoms with Gasteiger partial charge in [-0.25, -0.2) is 0 Å². The van der Waals surface area contributed by atoms with E-state index in [4.69, 9.17) is 0 Å². The van der Waals surface area contributed by atoms with Gasteiger partial charge in [-0.2, -0.15) is 0 Å². The van der Waals surface area contributed by atoms with E-state index in [0.29, 0.717) is 11.6 Å². The first-order valence-corrected chi connectivity index (χ1v) is 10.8. The lowest BCUT2D eigenvalue weighted by molar-refractivity contribution is 0.0755. The fourth-order valence-electron chi connectivity index (χ4n) is 4.45. The molecule has 6 nitrogen and oxygen atoms in total. The largest absolute Gasteiger partial charge is 0.337 e. The molecule has 3 heterocycles. The second kappa shape index (κ2) is 9.32. The highest BCUT2D eigenvalue weighted by atomic mass is 16.2. The molecular weight excluding hydrogens is 350 g/mol. The highest BCUT2D eigenvalue weighted by Gasteiger charge is 2.24. The lowest BCUT2D eigenvalue weighted by atomic mass is 9.92. The molecular formula is C22H31N5O. The van der Waals surface area contributed by atoms with E-state index < -0.39 is 0 Å². The topological polar surface area (TPSA) is 54.3 Å². The summed E-state index contributed by atoms with van der Waals surface area (Å²) in [6.07, 6.45) is 8.94. The molecule has 1 amide bonds. The number of nitrogens with zero attached hydrogens (tertiary/aromatic N) is 5. The van der Waals surface area contributed by atoms with Gasteiger partial charge in [0.25, 0.3) is 5.91 Å². The quantitative estimate of drug-likeness (QED) is 0.798. The van der Waals surface area contributed by atoms with Crippen LogP contribution in [0.15, 0.2) is 36.5 Å². The second-order valence-corrected chi connectivity index (χ2v) is 8.10. The number of aromatic nitrogens is 3. The number of likely N-dealkylation sites (tertiary alicyclic amines) is 2. The summed E-state index contributed by atoms with van der Waals surface area (Å²) >= 11 is 0. The normalized spacial score (nSPS) is 21.4. The Bertz CT molecular complexity index is 753. The van der Waals surface area contributed by atoms with Crippen molar-refractivity contribution in [3.63, 3.8) is 0 Å². The van der Waals surface area contributed by atoms with Crippen LogP contribution in [0.4, 0.5) is 0 Å². The van der Waals surface area contributed by atoms with Crippen LogP contribution in [0.5, 0.6) is 0 Å². The molecule has 0 aliphatic carbocycles. The van der Waals surface area contributed by atoms with Crippen molar-refractivity contribution in [3.05, 3.63) is 47.8 Å². The summed E-state index contributed by atoms with van der Waals surface area (Å²) < 4.78 is 1.83. The first-order valence-electron chi connectivity index (χ1n) is 10.8. The second-order valence-electron chi connectivity index (χ2n) is 8.10. The van der Waals surface area contributed by atoms with E-state index in [0.717, 1.165) is 45.4 Å². The molecule has 1 aromatic carbocycles. The Morgan fingerprint density at radius 1 is 0.929 bits per heavy atom. The average molecular weight is 382 g/mol. The maximum atomic E-state index is 12.9. The van der Waals surface area contributed by atoms with Crippen molar-refractivity contribution in [1.29, 1.82) is 0 Å². The number of rotatable bonds is 5. The highest BCUT2D eigenvalue weighted by molar-refractivity contribution is 5.91. The van der Waals surface area contributed by atoms with Crippen LogP contribution in [-0.4, -0.2) is 63.4 Å². The van der Waals surface area contributed by atoms with Crippen LogP contribution in [0.1, 0.15) is 60.5 Å². The number of hydrogen-bond acceptors (Lipinski definition) is 4. The molecule has 0 radical (unpaired) electrons. The summed E-state index contributed by atoms with van der Waals surface area (Å²) in [7, 11) is 0. The Morgan fingerprint density at radius 2 is 1.75 bits per heavy atom. The molecule has 2 aromatic rings. The third-order valence-corrected chi connectivity index (χ3v) is 6.14. The van der Waals surface area contributed by atoms with Crippen molar-refractivity contribution in [2.75, 3.05) is 32.7 Å². The third kappa shape index (κ3) is 4.79. The van der Waals surface area contributed by atoms with Gasteiger partial charge in [-0.05, 0) is 56.7 Å². The van der Waals surface area contributed by atoms with Crippen LogP contribution < -0.4 is 0 Å². The Hall–Kier alpha value is -2.21. The summed E-state index contributed by atoms with van der Waals surface area (Å²) in [5.41, 5.74) is 1.87.